The standard InChI is InChI=1S/C27H32FN3O2S.ClH/c1-3-4-8-24-18-30(17-21-12-19(2)11-20(13-21)14-26(32)33)9-10-31(24)27-29-16-25(34-27)22-6-5-7-23(28)15-22;/h5-7,11-13,15-16,24H,3-4,8-10,14,17-18H2,1-2H3,(H,32,33);1H/t24-;/m0./s1. The number of carboxylic acids is 1. The van der Waals surface area contributed by atoms with Crippen molar-refractivity contribution in [2.24, 2.45) is 0 Å². The fourth-order valence-electron chi connectivity index (χ4n) is 4.75. The number of aliphatic carboxylic acids is 1. The molecule has 0 aliphatic carbocycles. The van der Waals surface area contributed by atoms with E-state index >= 15 is 0 Å². The van der Waals surface area contributed by atoms with Gasteiger partial charge in [0.1, 0.15) is 5.82 Å². The van der Waals surface area contributed by atoms with Crippen LogP contribution in [0.25, 0.3) is 10.4 Å². The number of anilines is 1. The molecule has 1 N–H and O–H groups in total. The first-order valence-corrected chi connectivity index (χ1v) is 12.7. The van der Waals surface area contributed by atoms with Crippen LogP contribution < -0.4 is 4.90 Å². The van der Waals surface area contributed by atoms with Gasteiger partial charge in [-0.1, -0.05) is 67.0 Å². The summed E-state index contributed by atoms with van der Waals surface area (Å²) in [6.45, 7) is 7.80. The van der Waals surface area contributed by atoms with E-state index in [9.17, 15) is 14.3 Å². The molecular weight excluding hydrogens is 485 g/mol. The molecule has 1 atom stereocenters. The lowest BCUT2D eigenvalue weighted by Crippen LogP contribution is -2.53. The summed E-state index contributed by atoms with van der Waals surface area (Å²) in [6.07, 6.45) is 5.31. The minimum absolute atomic E-state index is 0. The lowest BCUT2D eigenvalue weighted by atomic mass is 10.0. The van der Waals surface area contributed by atoms with Crippen LogP contribution in [0.1, 0.15) is 42.9 Å². The topological polar surface area (TPSA) is 56.7 Å². The van der Waals surface area contributed by atoms with Crippen molar-refractivity contribution >= 4 is 34.8 Å². The molecule has 0 radical (unpaired) electrons. The van der Waals surface area contributed by atoms with Gasteiger partial charge in [0.2, 0.25) is 0 Å². The maximum atomic E-state index is 13.7. The number of hydrogen-bond acceptors (Lipinski definition) is 5. The Morgan fingerprint density at radius 2 is 2.00 bits per heavy atom. The average molecular weight is 518 g/mol. The van der Waals surface area contributed by atoms with E-state index in [1.165, 1.54) is 11.6 Å². The first-order valence-electron chi connectivity index (χ1n) is 11.9. The number of halogens is 2. The Bertz CT molecular complexity index is 1140. The number of unbranched alkanes of at least 4 members (excludes halogenated alkanes) is 1. The zero-order valence-electron chi connectivity index (χ0n) is 20.2. The van der Waals surface area contributed by atoms with Crippen molar-refractivity contribution in [3.05, 3.63) is 71.2 Å². The summed E-state index contributed by atoms with van der Waals surface area (Å²) in [4.78, 5) is 21.8. The SMILES string of the molecule is CCCC[C@H]1CN(Cc2cc(C)cc(CC(=O)O)c2)CCN1c1ncc(-c2cccc(F)c2)s1.Cl. The minimum Gasteiger partial charge on any atom is -0.481 e. The summed E-state index contributed by atoms with van der Waals surface area (Å²) in [5.41, 5.74) is 3.99. The zero-order valence-corrected chi connectivity index (χ0v) is 21.9. The highest BCUT2D eigenvalue weighted by Gasteiger charge is 2.29. The molecule has 1 fully saturated rings. The molecule has 1 saturated heterocycles. The molecule has 35 heavy (non-hydrogen) atoms. The van der Waals surface area contributed by atoms with E-state index in [4.69, 9.17) is 4.98 Å². The summed E-state index contributed by atoms with van der Waals surface area (Å²) in [5, 5.41) is 10.2. The Morgan fingerprint density at radius 1 is 1.20 bits per heavy atom. The summed E-state index contributed by atoms with van der Waals surface area (Å²) in [5.74, 6) is -1.03. The van der Waals surface area contributed by atoms with Crippen molar-refractivity contribution in [2.75, 3.05) is 24.5 Å². The Kier molecular flexibility index (Phi) is 9.66. The van der Waals surface area contributed by atoms with Gasteiger partial charge in [-0.25, -0.2) is 9.37 Å². The molecule has 0 spiro atoms. The summed E-state index contributed by atoms with van der Waals surface area (Å²) < 4.78 is 13.7. The van der Waals surface area contributed by atoms with Crippen LogP contribution in [-0.4, -0.2) is 46.6 Å². The Hall–Kier alpha value is -2.48. The van der Waals surface area contributed by atoms with E-state index in [-0.39, 0.29) is 24.6 Å². The van der Waals surface area contributed by atoms with Gasteiger partial charge in [-0.05, 0) is 42.2 Å². The lowest BCUT2D eigenvalue weighted by Gasteiger charge is -2.41. The molecule has 3 aromatic rings. The smallest absolute Gasteiger partial charge is 0.307 e. The second-order valence-electron chi connectivity index (χ2n) is 9.14. The van der Waals surface area contributed by atoms with Crippen LogP contribution in [0.3, 0.4) is 0 Å². The number of rotatable bonds is 9. The van der Waals surface area contributed by atoms with Crippen LogP contribution in [0.5, 0.6) is 0 Å². The third-order valence-corrected chi connectivity index (χ3v) is 7.35. The van der Waals surface area contributed by atoms with E-state index in [0.717, 1.165) is 72.1 Å². The average Bonchev–Trinajstić information content (AvgIpc) is 3.27. The van der Waals surface area contributed by atoms with Gasteiger partial charge in [-0.15, -0.1) is 12.4 Å². The summed E-state index contributed by atoms with van der Waals surface area (Å²) >= 11 is 1.63. The predicted molar refractivity (Wildman–Crippen MR) is 143 cm³/mol. The van der Waals surface area contributed by atoms with Crippen LogP contribution >= 0.6 is 23.7 Å². The Balaban J connectivity index is 0.00000342. The molecule has 1 aliphatic rings. The maximum absolute atomic E-state index is 13.7. The highest BCUT2D eigenvalue weighted by Crippen LogP contribution is 2.34. The third-order valence-electron chi connectivity index (χ3n) is 6.26. The number of aromatic nitrogens is 1. The van der Waals surface area contributed by atoms with Crippen molar-refractivity contribution in [1.82, 2.24) is 9.88 Å². The van der Waals surface area contributed by atoms with E-state index in [0.29, 0.717) is 6.04 Å². The van der Waals surface area contributed by atoms with Gasteiger partial charge in [-0.3, -0.25) is 9.69 Å². The molecule has 0 saturated carbocycles. The lowest BCUT2D eigenvalue weighted by molar-refractivity contribution is -0.136. The van der Waals surface area contributed by atoms with Crippen LogP contribution in [0.15, 0.2) is 48.7 Å². The van der Waals surface area contributed by atoms with E-state index < -0.39 is 5.97 Å². The Labute approximate surface area is 217 Å². The predicted octanol–water partition coefficient (Wildman–Crippen LogP) is 6.19. The highest BCUT2D eigenvalue weighted by atomic mass is 35.5. The van der Waals surface area contributed by atoms with Gasteiger partial charge in [0.05, 0.1) is 11.3 Å². The van der Waals surface area contributed by atoms with Gasteiger partial charge in [0, 0.05) is 38.4 Å². The minimum atomic E-state index is -0.800. The van der Waals surface area contributed by atoms with Crippen LogP contribution in [0.2, 0.25) is 0 Å². The van der Waals surface area contributed by atoms with Gasteiger partial charge in [-0.2, -0.15) is 0 Å². The van der Waals surface area contributed by atoms with Gasteiger partial charge < -0.3 is 10.0 Å². The number of hydrogen-bond donors (Lipinski definition) is 1. The monoisotopic (exact) mass is 517 g/mol. The van der Waals surface area contributed by atoms with Crippen molar-refractivity contribution in [2.45, 2.75) is 52.1 Å². The number of nitrogens with zero attached hydrogens (tertiary/aromatic N) is 3. The molecule has 1 aromatic heterocycles. The number of thiazole rings is 1. The van der Waals surface area contributed by atoms with Crippen LogP contribution in [0, 0.1) is 12.7 Å². The number of carbonyl (C=O) groups is 1. The fraction of sp³-hybridized carbons (Fsp3) is 0.407. The first-order chi connectivity index (χ1) is 16.4. The molecule has 2 aromatic carbocycles. The number of carboxylic acid groups (broad SMARTS) is 1. The third kappa shape index (κ3) is 7.26. The van der Waals surface area contributed by atoms with E-state index in [1.54, 1.807) is 23.5 Å². The molecule has 0 unspecified atom stereocenters. The van der Waals surface area contributed by atoms with Gasteiger partial charge >= 0.3 is 5.97 Å². The molecule has 1 aliphatic heterocycles. The normalized spacial score (nSPS) is 16.2. The molecule has 188 valence electrons. The number of aryl methyl sites for hydroxylation is 1. The zero-order chi connectivity index (χ0) is 24.1. The molecule has 0 bridgehead atoms. The van der Waals surface area contributed by atoms with Crippen molar-refractivity contribution in [3.63, 3.8) is 0 Å². The van der Waals surface area contributed by atoms with Crippen molar-refractivity contribution < 1.29 is 14.3 Å². The van der Waals surface area contributed by atoms with E-state index in [2.05, 4.69) is 22.8 Å². The maximum Gasteiger partial charge on any atom is 0.307 e. The number of piperazine rings is 1. The summed E-state index contributed by atoms with van der Waals surface area (Å²) in [6, 6.07) is 13.2. The second-order valence-corrected chi connectivity index (χ2v) is 10.1. The highest BCUT2D eigenvalue weighted by molar-refractivity contribution is 7.18. The number of benzene rings is 2. The quantitative estimate of drug-likeness (QED) is 0.367. The first kappa shape index (κ1) is 27.1. The molecule has 2 heterocycles. The Morgan fingerprint density at radius 3 is 2.74 bits per heavy atom. The molecular formula is C27H33ClFN3O2S. The fourth-order valence-corrected chi connectivity index (χ4v) is 5.76. The largest absolute Gasteiger partial charge is 0.481 e. The van der Waals surface area contributed by atoms with Crippen molar-refractivity contribution in [3.8, 4) is 10.4 Å². The molecule has 0 amide bonds. The van der Waals surface area contributed by atoms with Gasteiger partial charge in [0.25, 0.3) is 0 Å². The molecule has 8 heteroatoms. The van der Waals surface area contributed by atoms with E-state index in [1.807, 2.05) is 31.3 Å². The molecule has 5 nitrogen and oxygen atoms in total. The summed E-state index contributed by atoms with van der Waals surface area (Å²) in [7, 11) is 0. The second kappa shape index (κ2) is 12.5. The van der Waals surface area contributed by atoms with Gasteiger partial charge in [0.15, 0.2) is 5.13 Å². The van der Waals surface area contributed by atoms with Crippen molar-refractivity contribution in [1.29, 1.82) is 0 Å². The van der Waals surface area contributed by atoms with Crippen LogP contribution in [-0.2, 0) is 17.8 Å². The molecule has 4 rings (SSSR count). The van der Waals surface area contributed by atoms with Crippen LogP contribution in [0.4, 0.5) is 9.52 Å².